The van der Waals surface area contributed by atoms with E-state index >= 15 is 0 Å². The Bertz CT molecular complexity index is 803. The highest BCUT2D eigenvalue weighted by molar-refractivity contribution is 14.0. The molecule has 1 aliphatic rings. The van der Waals surface area contributed by atoms with Crippen LogP contribution in [0.25, 0.3) is 0 Å². The largest absolute Gasteiger partial charge is 0.459 e. The number of furan rings is 1. The number of hydrogen-bond acceptors (Lipinski definition) is 5. The molecule has 0 bridgehead atoms. The van der Waals surface area contributed by atoms with Crippen LogP contribution in [0.2, 0.25) is 0 Å². The van der Waals surface area contributed by atoms with Crippen LogP contribution in [0.15, 0.2) is 52.1 Å². The summed E-state index contributed by atoms with van der Waals surface area (Å²) in [4.78, 5) is 16.3. The number of nitrogens with one attached hydrogen (secondary N) is 3. The zero-order chi connectivity index (χ0) is 20.5. The first-order valence-corrected chi connectivity index (χ1v) is 9.71. The van der Waals surface area contributed by atoms with Crippen LogP contribution in [0.4, 0.5) is 5.69 Å². The van der Waals surface area contributed by atoms with Crippen molar-refractivity contribution in [1.29, 1.82) is 0 Å². The average Bonchev–Trinajstić information content (AvgIpc) is 3.42. The molecule has 0 saturated carbocycles. The summed E-state index contributed by atoms with van der Waals surface area (Å²) >= 11 is 0. The topological polar surface area (TPSA) is 108 Å². The van der Waals surface area contributed by atoms with Crippen molar-refractivity contribution in [2.24, 2.45) is 10.4 Å². The van der Waals surface area contributed by atoms with Crippen molar-refractivity contribution in [3.63, 3.8) is 0 Å². The first-order valence-electron chi connectivity index (χ1n) is 9.71. The van der Waals surface area contributed by atoms with Gasteiger partial charge in [-0.15, -0.1) is 24.0 Å². The number of aliphatic imine (C=N–C) groups is 1. The second kappa shape index (κ2) is 11.9. The third kappa shape index (κ3) is 6.71. The van der Waals surface area contributed by atoms with Gasteiger partial charge in [-0.05, 0) is 42.7 Å². The third-order valence-corrected chi connectivity index (χ3v) is 5.10. The fraction of sp³-hybridized carbons (Fsp3) is 0.429. The standard InChI is InChI=1S/C21H28N4O4.HI/c1-22-20(24-14-21(8-10-26)9-12-28-15-21)23-13-16-4-6-17(7-5-16)25-19(27)18-3-2-11-29-18;/h2-7,11,26H,8-10,12-15H2,1H3,(H,25,27)(H2,22,23,24);1H. The number of aliphatic hydroxyl groups is 1. The van der Waals surface area contributed by atoms with Crippen molar-refractivity contribution in [3.8, 4) is 0 Å². The number of hydrogen-bond donors (Lipinski definition) is 4. The van der Waals surface area contributed by atoms with Gasteiger partial charge in [-0.1, -0.05) is 12.1 Å². The highest BCUT2D eigenvalue weighted by Gasteiger charge is 2.34. The number of aliphatic hydroxyl groups excluding tert-OH is 1. The number of benzene rings is 1. The maximum absolute atomic E-state index is 12.0. The Morgan fingerprint density at radius 2 is 2.03 bits per heavy atom. The van der Waals surface area contributed by atoms with Crippen LogP contribution in [-0.2, 0) is 11.3 Å². The van der Waals surface area contributed by atoms with E-state index in [4.69, 9.17) is 9.15 Å². The van der Waals surface area contributed by atoms with Crippen molar-refractivity contribution in [3.05, 3.63) is 54.0 Å². The van der Waals surface area contributed by atoms with Gasteiger partial charge in [-0.2, -0.15) is 0 Å². The molecule has 30 heavy (non-hydrogen) atoms. The fourth-order valence-corrected chi connectivity index (χ4v) is 3.30. The molecule has 1 fully saturated rings. The van der Waals surface area contributed by atoms with Crippen molar-refractivity contribution in [1.82, 2.24) is 10.6 Å². The Morgan fingerprint density at radius 3 is 2.63 bits per heavy atom. The summed E-state index contributed by atoms with van der Waals surface area (Å²) in [6.45, 7) is 2.83. The van der Waals surface area contributed by atoms with Gasteiger partial charge in [0.15, 0.2) is 11.7 Å². The molecule has 1 aromatic carbocycles. The Balaban J connectivity index is 0.00000320. The minimum absolute atomic E-state index is 0. The van der Waals surface area contributed by atoms with Gasteiger partial charge in [0.1, 0.15) is 0 Å². The Kier molecular flexibility index (Phi) is 9.60. The monoisotopic (exact) mass is 528 g/mol. The van der Waals surface area contributed by atoms with E-state index in [-0.39, 0.29) is 47.7 Å². The molecule has 1 amide bonds. The first kappa shape index (κ1) is 24.2. The molecule has 164 valence electrons. The lowest BCUT2D eigenvalue weighted by molar-refractivity contribution is 0.0996. The van der Waals surface area contributed by atoms with Gasteiger partial charge in [-0.3, -0.25) is 9.79 Å². The highest BCUT2D eigenvalue weighted by atomic mass is 127. The zero-order valence-corrected chi connectivity index (χ0v) is 19.3. The number of anilines is 1. The van der Waals surface area contributed by atoms with Crippen LogP contribution in [-0.4, -0.2) is 50.4 Å². The first-order chi connectivity index (χ1) is 14.1. The predicted molar refractivity (Wildman–Crippen MR) is 126 cm³/mol. The van der Waals surface area contributed by atoms with Crippen molar-refractivity contribution in [2.75, 3.05) is 38.7 Å². The summed E-state index contributed by atoms with van der Waals surface area (Å²) in [5.41, 5.74) is 1.71. The summed E-state index contributed by atoms with van der Waals surface area (Å²) in [6.07, 6.45) is 3.11. The maximum Gasteiger partial charge on any atom is 0.291 e. The zero-order valence-electron chi connectivity index (χ0n) is 17.0. The molecule has 0 aliphatic carbocycles. The summed E-state index contributed by atoms with van der Waals surface area (Å²) in [5.74, 6) is 0.694. The Labute approximate surface area is 193 Å². The number of halogens is 1. The fourth-order valence-electron chi connectivity index (χ4n) is 3.30. The lowest BCUT2D eigenvalue weighted by Crippen LogP contribution is -2.44. The number of carbonyl (C=O) groups excluding carboxylic acids is 1. The Morgan fingerprint density at radius 1 is 1.23 bits per heavy atom. The van der Waals surface area contributed by atoms with Gasteiger partial charge in [0.2, 0.25) is 0 Å². The van der Waals surface area contributed by atoms with Gasteiger partial charge in [0.25, 0.3) is 5.91 Å². The number of rotatable bonds is 8. The van der Waals surface area contributed by atoms with Crippen LogP contribution in [0.3, 0.4) is 0 Å². The van der Waals surface area contributed by atoms with Crippen molar-refractivity contribution < 1.29 is 19.1 Å². The van der Waals surface area contributed by atoms with E-state index in [0.29, 0.717) is 37.8 Å². The molecular weight excluding hydrogens is 499 g/mol. The summed E-state index contributed by atoms with van der Waals surface area (Å²) in [6, 6.07) is 10.9. The van der Waals surface area contributed by atoms with E-state index in [1.165, 1.54) is 6.26 Å². The van der Waals surface area contributed by atoms with Gasteiger partial charge >= 0.3 is 0 Å². The third-order valence-electron chi connectivity index (χ3n) is 5.10. The number of guanidine groups is 1. The van der Waals surface area contributed by atoms with Gasteiger partial charge in [-0.25, -0.2) is 0 Å². The molecule has 8 nitrogen and oxygen atoms in total. The summed E-state index contributed by atoms with van der Waals surface area (Å²) in [5, 5.41) is 18.8. The molecule has 1 aromatic heterocycles. The Hall–Kier alpha value is -2.11. The SMILES string of the molecule is CN=C(NCc1ccc(NC(=O)c2ccco2)cc1)NCC1(CCO)CCOC1.I. The molecule has 0 radical (unpaired) electrons. The number of nitrogens with zero attached hydrogens (tertiary/aromatic N) is 1. The molecule has 4 N–H and O–H groups in total. The lowest BCUT2D eigenvalue weighted by Gasteiger charge is -2.27. The van der Waals surface area contributed by atoms with E-state index in [1.807, 2.05) is 24.3 Å². The van der Waals surface area contributed by atoms with Gasteiger partial charge in [0.05, 0.1) is 12.9 Å². The van der Waals surface area contributed by atoms with Crippen LogP contribution >= 0.6 is 24.0 Å². The quantitative estimate of drug-likeness (QED) is 0.239. The van der Waals surface area contributed by atoms with Crippen LogP contribution in [0.5, 0.6) is 0 Å². The van der Waals surface area contributed by atoms with E-state index in [9.17, 15) is 9.90 Å². The number of ether oxygens (including phenoxy) is 1. The van der Waals surface area contributed by atoms with E-state index < -0.39 is 0 Å². The van der Waals surface area contributed by atoms with E-state index in [2.05, 4.69) is 20.9 Å². The van der Waals surface area contributed by atoms with Crippen LogP contribution in [0, 0.1) is 5.41 Å². The molecule has 1 unspecified atom stereocenters. The molecule has 0 spiro atoms. The molecule has 1 aliphatic heterocycles. The minimum Gasteiger partial charge on any atom is -0.459 e. The molecule has 1 atom stereocenters. The van der Waals surface area contributed by atoms with E-state index in [0.717, 1.165) is 18.6 Å². The number of amides is 1. The van der Waals surface area contributed by atoms with Crippen LogP contribution in [0.1, 0.15) is 29.0 Å². The second-order valence-electron chi connectivity index (χ2n) is 7.18. The van der Waals surface area contributed by atoms with Crippen molar-refractivity contribution in [2.45, 2.75) is 19.4 Å². The molecule has 9 heteroatoms. The highest BCUT2D eigenvalue weighted by Crippen LogP contribution is 2.31. The molecule has 2 aromatic rings. The molecule has 2 heterocycles. The maximum atomic E-state index is 12.0. The molecule has 1 saturated heterocycles. The minimum atomic E-state index is -0.279. The second-order valence-corrected chi connectivity index (χ2v) is 7.18. The van der Waals surface area contributed by atoms with Gasteiger partial charge in [0, 0.05) is 44.5 Å². The van der Waals surface area contributed by atoms with Crippen molar-refractivity contribution >= 4 is 41.5 Å². The number of carbonyl (C=O) groups is 1. The lowest BCUT2D eigenvalue weighted by atomic mass is 9.84. The smallest absolute Gasteiger partial charge is 0.291 e. The predicted octanol–water partition coefficient (Wildman–Crippen LogP) is 2.60. The summed E-state index contributed by atoms with van der Waals surface area (Å²) in [7, 11) is 1.73. The average molecular weight is 528 g/mol. The normalized spacial score (nSPS) is 18.5. The summed E-state index contributed by atoms with van der Waals surface area (Å²) < 4.78 is 10.6. The molecular formula is C21H29IN4O4. The van der Waals surface area contributed by atoms with Crippen LogP contribution < -0.4 is 16.0 Å². The molecule has 3 rings (SSSR count). The van der Waals surface area contributed by atoms with Gasteiger partial charge < -0.3 is 30.2 Å². The van der Waals surface area contributed by atoms with E-state index in [1.54, 1.807) is 19.2 Å².